The van der Waals surface area contributed by atoms with Gasteiger partial charge in [0.25, 0.3) is 7.82 Å². The van der Waals surface area contributed by atoms with Crippen molar-refractivity contribution in [2.75, 3.05) is 40.9 Å². The Balaban J connectivity index is 4.77. The fourth-order valence-corrected chi connectivity index (χ4v) is 5.67. The lowest BCUT2D eigenvalue weighted by molar-refractivity contribution is -0.870. The van der Waals surface area contributed by atoms with Gasteiger partial charge in [-0.15, -0.1) is 0 Å². The molecule has 10 heteroatoms. The van der Waals surface area contributed by atoms with Gasteiger partial charge in [0, 0.05) is 6.42 Å². The van der Waals surface area contributed by atoms with E-state index in [0.29, 0.717) is 36.7 Å². The Hall–Kier alpha value is -2.10. The van der Waals surface area contributed by atoms with Crippen molar-refractivity contribution in [1.82, 2.24) is 5.32 Å². The molecular weight excluding hydrogens is 675 g/mol. The molecule has 0 aliphatic carbocycles. The molecule has 300 valence electrons. The summed E-state index contributed by atoms with van der Waals surface area (Å²) in [4.78, 5) is 25.2. The van der Waals surface area contributed by atoms with Gasteiger partial charge in [-0.25, -0.2) is 0 Å². The number of phosphoric acid groups is 1. The highest BCUT2D eigenvalue weighted by Crippen LogP contribution is 2.38. The fourth-order valence-electron chi connectivity index (χ4n) is 4.94. The van der Waals surface area contributed by atoms with Gasteiger partial charge in [0.2, 0.25) is 5.91 Å². The van der Waals surface area contributed by atoms with Gasteiger partial charge >= 0.3 is 0 Å². The van der Waals surface area contributed by atoms with Crippen molar-refractivity contribution >= 4 is 13.7 Å². The minimum atomic E-state index is -4.63. The number of likely N-dealkylation sites (N-methyl/N-ethyl adjacent to an activating group) is 1. The summed E-state index contributed by atoms with van der Waals surface area (Å²) >= 11 is 0. The second-order valence-corrected chi connectivity index (χ2v) is 15.9. The molecule has 0 rings (SSSR count). The lowest BCUT2D eigenvalue weighted by Gasteiger charge is -2.29. The van der Waals surface area contributed by atoms with Crippen LogP contribution in [0.2, 0.25) is 0 Å². The first-order valence-electron chi connectivity index (χ1n) is 19.9. The zero-order valence-electron chi connectivity index (χ0n) is 33.3. The van der Waals surface area contributed by atoms with Gasteiger partial charge in [-0.1, -0.05) is 132 Å². The number of amides is 1. The van der Waals surface area contributed by atoms with Crippen molar-refractivity contribution in [2.24, 2.45) is 0 Å². The van der Waals surface area contributed by atoms with E-state index < -0.39 is 32.7 Å². The topological polar surface area (TPSA) is 128 Å². The molecule has 3 N–H and O–H groups in total. The van der Waals surface area contributed by atoms with E-state index in [4.69, 9.17) is 9.05 Å². The maximum Gasteiger partial charge on any atom is 0.268 e. The number of allylic oxidation sites excluding steroid dienone is 9. The predicted octanol–water partition coefficient (Wildman–Crippen LogP) is 8.80. The number of phosphoric ester groups is 1. The van der Waals surface area contributed by atoms with Crippen LogP contribution in [0.5, 0.6) is 0 Å². The number of carbonyl (C=O) groups excluding carboxylic acids is 1. The normalized spacial score (nSPS) is 15.9. The molecule has 0 radical (unpaired) electrons. The van der Waals surface area contributed by atoms with Gasteiger partial charge in [0.1, 0.15) is 13.2 Å². The molecule has 2 unspecified atom stereocenters. The maximum atomic E-state index is 12.8. The molecule has 0 bridgehead atoms. The number of nitrogens with zero attached hydrogens (tertiary/aromatic N) is 1. The number of unbranched alkanes of at least 4 members (excludes halogenated alkanes) is 11. The second kappa shape index (κ2) is 33.5. The van der Waals surface area contributed by atoms with Crippen LogP contribution in [0.25, 0.3) is 0 Å². The van der Waals surface area contributed by atoms with Gasteiger partial charge < -0.3 is 34.0 Å². The van der Waals surface area contributed by atoms with Crippen LogP contribution in [0.4, 0.5) is 0 Å². The summed E-state index contributed by atoms with van der Waals surface area (Å²) in [5.41, 5.74) is 0. The molecule has 0 saturated carbocycles. The summed E-state index contributed by atoms with van der Waals surface area (Å²) < 4.78 is 23.0. The molecule has 0 aromatic heterocycles. The minimum Gasteiger partial charge on any atom is -0.756 e. The van der Waals surface area contributed by atoms with Crippen LogP contribution < -0.4 is 10.2 Å². The van der Waals surface area contributed by atoms with Crippen molar-refractivity contribution in [3.63, 3.8) is 0 Å². The first kappa shape index (κ1) is 49.9. The number of rotatable bonds is 34. The molecule has 9 nitrogen and oxygen atoms in total. The van der Waals surface area contributed by atoms with Crippen LogP contribution in [0.1, 0.15) is 129 Å². The minimum absolute atomic E-state index is 0.0357. The molecule has 0 aliphatic rings. The van der Waals surface area contributed by atoms with E-state index in [1.807, 2.05) is 45.4 Å². The monoisotopic (exact) mass is 751 g/mol. The third kappa shape index (κ3) is 35.0. The predicted molar refractivity (Wildman–Crippen MR) is 216 cm³/mol. The Bertz CT molecular complexity index is 1090. The van der Waals surface area contributed by atoms with Crippen molar-refractivity contribution in [2.45, 2.75) is 148 Å². The SMILES string of the molecule is CCCCC/C=C\C/C=C\CC(O)/C=C\C=C\CCCC(=O)N[C@@H](COP(=O)([O-])OCC[N+](C)(C)C)[C@H](O)/C=C/CC/C=C\CCCCCCCC. The number of quaternary nitrogens is 1. The number of aliphatic hydroxyl groups excluding tert-OH is 2. The number of hydrogen-bond donors (Lipinski definition) is 3. The van der Waals surface area contributed by atoms with Crippen LogP contribution in [0, 0.1) is 0 Å². The van der Waals surface area contributed by atoms with E-state index in [9.17, 15) is 24.5 Å². The van der Waals surface area contributed by atoms with Gasteiger partial charge in [-0.05, 0) is 64.2 Å². The van der Waals surface area contributed by atoms with Gasteiger partial charge in [-0.3, -0.25) is 9.36 Å². The molecule has 0 aliphatic heterocycles. The standard InChI is InChI=1S/C42H75N2O7P/c1-6-8-10-12-14-16-17-18-20-22-26-30-34-41(46)40(38-51-52(48,49)50-37-36-44(3,4)5)43-42(47)35-31-27-23-25-29-33-39(45)32-28-24-21-19-15-13-11-9-7-2/h15,18-20,23-25,28-30,33-34,39-41,45-46H,6-14,16-17,21-22,26-27,31-32,35-38H2,1-5H3,(H-,43,47,48,49)/b19-15-,20-18-,25-23+,28-24-,33-29-,34-30+/t39?,40-,41+/m0/s1. The third-order valence-electron chi connectivity index (χ3n) is 8.22. The highest BCUT2D eigenvalue weighted by molar-refractivity contribution is 7.45. The average molecular weight is 751 g/mol. The number of hydrogen-bond acceptors (Lipinski definition) is 7. The maximum absolute atomic E-state index is 12.8. The van der Waals surface area contributed by atoms with Crippen LogP contribution in [0.3, 0.4) is 0 Å². The molecule has 0 spiro atoms. The van der Waals surface area contributed by atoms with E-state index >= 15 is 0 Å². The van der Waals surface area contributed by atoms with Crippen LogP contribution in [-0.4, -0.2) is 79.8 Å². The smallest absolute Gasteiger partial charge is 0.268 e. The first-order chi connectivity index (χ1) is 24.9. The molecule has 1 amide bonds. The summed E-state index contributed by atoms with van der Waals surface area (Å²) in [7, 11) is 1.14. The van der Waals surface area contributed by atoms with E-state index in [2.05, 4.69) is 49.5 Å². The quantitative estimate of drug-likeness (QED) is 0.0197. The van der Waals surface area contributed by atoms with Crippen LogP contribution >= 0.6 is 7.82 Å². The van der Waals surface area contributed by atoms with E-state index in [1.165, 1.54) is 57.8 Å². The average Bonchev–Trinajstić information content (AvgIpc) is 3.08. The molecule has 4 atom stereocenters. The highest BCUT2D eigenvalue weighted by Gasteiger charge is 2.23. The van der Waals surface area contributed by atoms with E-state index in [1.54, 1.807) is 18.2 Å². The molecule has 0 heterocycles. The van der Waals surface area contributed by atoms with Crippen molar-refractivity contribution in [3.05, 3.63) is 72.9 Å². The molecule has 0 saturated heterocycles. The molecule has 0 fully saturated rings. The zero-order valence-corrected chi connectivity index (χ0v) is 34.2. The van der Waals surface area contributed by atoms with Crippen molar-refractivity contribution in [3.8, 4) is 0 Å². The molecule has 0 aromatic carbocycles. The molecule has 52 heavy (non-hydrogen) atoms. The summed E-state index contributed by atoms with van der Waals surface area (Å²) in [6, 6.07) is -0.966. The second-order valence-electron chi connectivity index (χ2n) is 14.5. The lowest BCUT2D eigenvalue weighted by Crippen LogP contribution is -2.45. The summed E-state index contributed by atoms with van der Waals surface area (Å²) in [6.45, 7) is 4.41. The Morgan fingerprint density at radius 3 is 2.06 bits per heavy atom. The Kier molecular flexibility index (Phi) is 32.1. The van der Waals surface area contributed by atoms with Gasteiger partial charge in [0.15, 0.2) is 0 Å². The van der Waals surface area contributed by atoms with Crippen LogP contribution in [-0.2, 0) is 18.4 Å². The van der Waals surface area contributed by atoms with Gasteiger partial charge in [-0.2, -0.15) is 0 Å². The number of carbonyl (C=O) groups is 1. The van der Waals surface area contributed by atoms with Gasteiger partial charge in [0.05, 0.1) is 46.0 Å². The fraction of sp³-hybridized carbons (Fsp3) is 0.690. The highest BCUT2D eigenvalue weighted by atomic mass is 31.2. The number of nitrogens with one attached hydrogen (secondary N) is 1. The summed E-state index contributed by atoms with van der Waals surface area (Å²) in [5, 5.41) is 23.7. The first-order valence-corrected chi connectivity index (χ1v) is 21.4. The largest absolute Gasteiger partial charge is 0.756 e. The molecular formula is C42H75N2O7P. The Labute approximate surface area is 317 Å². The van der Waals surface area contributed by atoms with Crippen molar-refractivity contribution in [1.29, 1.82) is 0 Å². The van der Waals surface area contributed by atoms with Crippen LogP contribution in [0.15, 0.2) is 72.9 Å². The molecule has 0 aromatic rings. The van der Waals surface area contributed by atoms with E-state index in [0.717, 1.165) is 25.7 Å². The lowest BCUT2D eigenvalue weighted by atomic mass is 10.1. The third-order valence-corrected chi connectivity index (χ3v) is 9.18. The summed E-state index contributed by atoms with van der Waals surface area (Å²) in [6.07, 6.45) is 39.8. The summed E-state index contributed by atoms with van der Waals surface area (Å²) in [5.74, 6) is -0.313. The number of aliphatic hydroxyl groups is 2. The Morgan fingerprint density at radius 1 is 0.731 bits per heavy atom. The van der Waals surface area contributed by atoms with Crippen molar-refractivity contribution < 1.29 is 38.0 Å². The van der Waals surface area contributed by atoms with E-state index in [-0.39, 0.29) is 18.9 Å². The zero-order chi connectivity index (χ0) is 38.8. The Morgan fingerprint density at radius 2 is 1.33 bits per heavy atom.